The molecular weight excluding hydrogens is 184 g/mol. The van der Waals surface area contributed by atoms with Crippen LogP contribution in [0.25, 0.3) is 0 Å². The Balaban J connectivity index is 1.99. The molecule has 2 aliphatic rings. The van der Waals surface area contributed by atoms with Crippen molar-refractivity contribution in [2.24, 2.45) is 11.8 Å². The summed E-state index contributed by atoms with van der Waals surface area (Å²) in [7, 11) is 2.45. The van der Waals surface area contributed by atoms with Crippen LogP contribution in [0.5, 0.6) is 0 Å². The van der Waals surface area contributed by atoms with Crippen LogP contribution in [0.4, 0.5) is 0 Å². The molecule has 0 aromatic carbocycles. The highest BCUT2D eigenvalue weighted by molar-refractivity contribution is 4.89. The van der Waals surface area contributed by atoms with Gasteiger partial charge in [-0.1, -0.05) is 0 Å². The third kappa shape index (κ3) is 1.94. The lowest BCUT2D eigenvalue weighted by Gasteiger charge is -2.36. The summed E-state index contributed by atoms with van der Waals surface area (Å²) < 4.78 is 1.31. The molecule has 2 heterocycles. The molecule has 2 heteroatoms. The summed E-state index contributed by atoms with van der Waals surface area (Å²) in [6.07, 6.45) is 0. The van der Waals surface area contributed by atoms with E-state index in [2.05, 4.69) is 39.6 Å². The van der Waals surface area contributed by atoms with Gasteiger partial charge in [0.15, 0.2) is 0 Å². The van der Waals surface area contributed by atoms with E-state index in [-0.39, 0.29) is 0 Å². The summed E-state index contributed by atoms with van der Waals surface area (Å²) in [6, 6.07) is 1.54. The topological polar surface area (TPSA) is 3.24 Å². The minimum Gasteiger partial charge on any atom is -0.324 e. The number of hydrogen-bond acceptors (Lipinski definition) is 1. The van der Waals surface area contributed by atoms with Crippen molar-refractivity contribution < 1.29 is 4.48 Å². The van der Waals surface area contributed by atoms with E-state index in [4.69, 9.17) is 0 Å². The van der Waals surface area contributed by atoms with E-state index in [0.29, 0.717) is 0 Å². The van der Waals surface area contributed by atoms with Crippen LogP contribution in [-0.4, -0.2) is 54.7 Å². The third-order valence-electron chi connectivity index (χ3n) is 4.88. The zero-order chi connectivity index (χ0) is 11.2. The summed E-state index contributed by atoms with van der Waals surface area (Å²) in [4.78, 5) is 2.67. The second kappa shape index (κ2) is 3.74. The lowest BCUT2D eigenvalue weighted by atomic mass is 10.0. The molecule has 15 heavy (non-hydrogen) atoms. The van der Waals surface area contributed by atoms with Crippen LogP contribution in [0.3, 0.4) is 0 Å². The molecule has 2 nitrogen and oxygen atoms in total. The van der Waals surface area contributed by atoms with Crippen molar-refractivity contribution >= 4 is 0 Å². The summed E-state index contributed by atoms with van der Waals surface area (Å²) in [5.74, 6) is 1.94. The maximum atomic E-state index is 2.67. The molecule has 2 saturated heterocycles. The molecule has 0 bridgehead atoms. The van der Waals surface area contributed by atoms with Crippen molar-refractivity contribution in [3.05, 3.63) is 0 Å². The molecule has 2 atom stereocenters. The van der Waals surface area contributed by atoms with Crippen molar-refractivity contribution in [1.82, 2.24) is 4.90 Å². The molecule has 0 aliphatic carbocycles. The van der Waals surface area contributed by atoms with Crippen LogP contribution in [0.1, 0.15) is 27.7 Å². The molecule has 0 saturated carbocycles. The van der Waals surface area contributed by atoms with Gasteiger partial charge in [0.05, 0.1) is 26.2 Å². The summed E-state index contributed by atoms with van der Waals surface area (Å²) >= 11 is 0. The Morgan fingerprint density at radius 2 is 1.47 bits per heavy atom. The zero-order valence-electron chi connectivity index (χ0n) is 11.0. The molecular formula is C13H27N2+. The molecule has 0 radical (unpaired) electrons. The third-order valence-corrected chi connectivity index (χ3v) is 4.88. The maximum absolute atomic E-state index is 2.67. The Labute approximate surface area is 94.8 Å². The average molecular weight is 211 g/mol. The molecule has 2 aliphatic heterocycles. The first-order valence-electron chi connectivity index (χ1n) is 6.50. The van der Waals surface area contributed by atoms with E-state index in [9.17, 15) is 0 Å². The fourth-order valence-electron chi connectivity index (χ4n) is 3.38. The zero-order valence-corrected chi connectivity index (χ0v) is 11.0. The van der Waals surface area contributed by atoms with Gasteiger partial charge in [-0.2, -0.15) is 0 Å². The van der Waals surface area contributed by atoms with Crippen LogP contribution < -0.4 is 0 Å². The molecule has 0 N–H and O–H groups in total. The fraction of sp³-hybridized carbons (Fsp3) is 1.00. The molecule has 2 unspecified atom stereocenters. The highest BCUT2D eigenvalue weighted by Gasteiger charge is 2.48. The van der Waals surface area contributed by atoms with Gasteiger partial charge in [0, 0.05) is 31.0 Å². The van der Waals surface area contributed by atoms with Crippen LogP contribution in [-0.2, 0) is 0 Å². The van der Waals surface area contributed by atoms with E-state index < -0.39 is 0 Å². The Morgan fingerprint density at radius 3 is 1.80 bits per heavy atom. The predicted molar refractivity (Wildman–Crippen MR) is 64.7 cm³/mol. The van der Waals surface area contributed by atoms with Gasteiger partial charge in [0.25, 0.3) is 0 Å². The first kappa shape index (κ1) is 11.4. The van der Waals surface area contributed by atoms with Gasteiger partial charge < -0.3 is 4.48 Å². The van der Waals surface area contributed by atoms with Crippen molar-refractivity contribution in [2.75, 3.05) is 33.2 Å². The number of hydrogen-bond donors (Lipinski definition) is 0. The summed E-state index contributed by atoms with van der Waals surface area (Å²) in [5.41, 5.74) is 0. The minimum absolute atomic E-state index is 0.744. The largest absolute Gasteiger partial charge is 0.324 e. The number of likely N-dealkylation sites (tertiary alicyclic amines) is 2. The molecule has 2 rings (SSSR count). The van der Waals surface area contributed by atoms with E-state index >= 15 is 0 Å². The lowest BCUT2D eigenvalue weighted by molar-refractivity contribution is -0.921. The molecule has 0 aromatic rings. The minimum atomic E-state index is 0.744. The number of rotatable bonds is 2. The first-order valence-corrected chi connectivity index (χ1v) is 6.50. The molecule has 0 amide bonds. The number of quaternary nitrogens is 1. The van der Waals surface area contributed by atoms with Crippen molar-refractivity contribution in [3.8, 4) is 0 Å². The average Bonchev–Trinajstić information content (AvgIpc) is 2.59. The van der Waals surface area contributed by atoms with Gasteiger partial charge >= 0.3 is 0 Å². The van der Waals surface area contributed by atoms with Crippen LogP contribution in [0.2, 0.25) is 0 Å². The predicted octanol–water partition coefficient (Wildman–Crippen LogP) is 1.81. The standard InChI is InChI=1S/C13H27N2/c1-10(2)14-6-12-8-15(5,11(3)4)9-13(12)7-14/h10-13H,6-9H2,1-5H3/q+1. The van der Waals surface area contributed by atoms with Gasteiger partial charge in [-0.3, -0.25) is 4.90 Å². The molecule has 0 aromatic heterocycles. The number of fused-ring (bicyclic) bond motifs is 1. The summed E-state index contributed by atoms with van der Waals surface area (Å²) in [6.45, 7) is 14.9. The van der Waals surface area contributed by atoms with Crippen LogP contribution in [0.15, 0.2) is 0 Å². The van der Waals surface area contributed by atoms with Gasteiger partial charge in [0.2, 0.25) is 0 Å². The van der Waals surface area contributed by atoms with E-state index in [1.165, 1.54) is 30.7 Å². The quantitative estimate of drug-likeness (QED) is 0.630. The Morgan fingerprint density at radius 1 is 1.00 bits per heavy atom. The van der Waals surface area contributed by atoms with Crippen molar-refractivity contribution in [1.29, 1.82) is 0 Å². The van der Waals surface area contributed by atoms with Crippen molar-refractivity contribution in [2.45, 2.75) is 39.8 Å². The Hall–Kier alpha value is -0.0800. The van der Waals surface area contributed by atoms with Crippen LogP contribution in [0, 0.1) is 11.8 Å². The highest BCUT2D eigenvalue weighted by atomic mass is 15.4. The molecule has 0 spiro atoms. The van der Waals surface area contributed by atoms with Gasteiger partial charge in [-0.05, 0) is 27.7 Å². The molecule has 88 valence electrons. The Kier molecular flexibility index (Phi) is 2.85. The SMILES string of the molecule is CC(C)N1CC2C[N+](C)(C(C)C)CC2C1. The first-order chi connectivity index (χ1) is 6.92. The van der Waals surface area contributed by atoms with Gasteiger partial charge in [-0.25, -0.2) is 0 Å². The van der Waals surface area contributed by atoms with E-state index in [1.54, 1.807) is 0 Å². The monoisotopic (exact) mass is 211 g/mol. The summed E-state index contributed by atoms with van der Waals surface area (Å²) in [5, 5.41) is 0. The van der Waals surface area contributed by atoms with Gasteiger partial charge in [-0.15, -0.1) is 0 Å². The maximum Gasteiger partial charge on any atom is 0.0833 e. The van der Waals surface area contributed by atoms with E-state index in [0.717, 1.165) is 23.9 Å². The van der Waals surface area contributed by atoms with Crippen molar-refractivity contribution in [3.63, 3.8) is 0 Å². The smallest absolute Gasteiger partial charge is 0.0833 e. The second-order valence-electron chi connectivity index (χ2n) is 6.51. The van der Waals surface area contributed by atoms with Crippen LogP contribution >= 0.6 is 0 Å². The normalized spacial score (nSPS) is 41.8. The Bertz CT molecular complexity index is 221. The van der Waals surface area contributed by atoms with E-state index in [1.807, 2.05) is 0 Å². The fourth-order valence-corrected chi connectivity index (χ4v) is 3.38. The lowest BCUT2D eigenvalue weighted by Crippen LogP contribution is -2.49. The van der Waals surface area contributed by atoms with Gasteiger partial charge in [0.1, 0.15) is 0 Å². The second-order valence-corrected chi connectivity index (χ2v) is 6.51. The highest BCUT2D eigenvalue weighted by Crippen LogP contribution is 2.36. The molecule has 2 fully saturated rings. The number of nitrogens with zero attached hydrogens (tertiary/aromatic N) is 2.